The van der Waals surface area contributed by atoms with E-state index in [1.54, 1.807) is 18.2 Å². The first kappa shape index (κ1) is 22.4. The predicted molar refractivity (Wildman–Crippen MR) is 110 cm³/mol. The normalized spacial score (nSPS) is 18.7. The first-order valence-electron chi connectivity index (χ1n) is 9.58. The minimum absolute atomic E-state index is 0.0732. The SMILES string of the molecule is CC1(c2ccc(F)cc2)NC(=O)N(CC(=O)NCCCS(=O)(=O)c2ccccc2)C1=O. The van der Waals surface area contributed by atoms with E-state index in [1.165, 1.54) is 43.3 Å². The highest BCUT2D eigenvalue weighted by Gasteiger charge is 2.49. The van der Waals surface area contributed by atoms with Gasteiger partial charge in [-0.05, 0) is 43.2 Å². The molecule has 4 amide bonds. The molecule has 2 aromatic rings. The van der Waals surface area contributed by atoms with Crippen LogP contribution in [0.2, 0.25) is 0 Å². The second-order valence-electron chi connectivity index (χ2n) is 7.29. The Bertz CT molecular complexity index is 1090. The van der Waals surface area contributed by atoms with Crippen LogP contribution in [-0.2, 0) is 25.0 Å². The number of sulfone groups is 1. The van der Waals surface area contributed by atoms with Gasteiger partial charge in [0, 0.05) is 6.54 Å². The summed E-state index contributed by atoms with van der Waals surface area (Å²) in [5.74, 6) is -1.85. The van der Waals surface area contributed by atoms with Gasteiger partial charge in [-0.1, -0.05) is 30.3 Å². The predicted octanol–water partition coefficient (Wildman–Crippen LogP) is 1.57. The molecule has 2 N–H and O–H groups in total. The van der Waals surface area contributed by atoms with Gasteiger partial charge in [-0.25, -0.2) is 17.6 Å². The first-order chi connectivity index (χ1) is 14.6. The molecular formula is C21H22FN3O5S. The Morgan fingerprint density at radius 3 is 2.39 bits per heavy atom. The van der Waals surface area contributed by atoms with E-state index in [0.29, 0.717) is 5.56 Å². The van der Waals surface area contributed by atoms with Crippen molar-refractivity contribution >= 4 is 27.7 Å². The van der Waals surface area contributed by atoms with Crippen molar-refractivity contribution in [3.05, 3.63) is 66.0 Å². The van der Waals surface area contributed by atoms with Crippen molar-refractivity contribution in [3.63, 3.8) is 0 Å². The zero-order valence-electron chi connectivity index (χ0n) is 16.8. The molecule has 1 aliphatic heterocycles. The van der Waals surface area contributed by atoms with E-state index in [-0.39, 0.29) is 23.6 Å². The zero-order chi connectivity index (χ0) is 22.6. The smallest absolute Gasteiger partial charge is 0.325 e. The van der Waals surface area contributed by atoms with Crippen LogP contribution in [0, 0.1) is 5.82 Å². The minimum atomic E-state index is -3.45. The van der Waals surface area contributed by atoms with Crippen LogP contribution in [0.5, 0.6) is 0 Å². The largest absolute Gasteiger partial charge is 0.355 e. The Hall–Kier alpha value is -3.27. The molecular weight excluding hydrogens is 425 g/mol. The molecule has 1 saturated heterocycles. The minimum Gasteiger partial charge on any atom is -0.355 e. The maximum atomic E-state index is 13.2. The molecule has 0 aromatic heterocycles. The van der Waals surface area contributed by atoms with Crippen molar-refractivity contribution < 1.29 is 27.2 Å². The number of carbonyl (C=O) groups is 3. The van der Waals surface area contributed by atoms with Gasteiger partial charge in [0.25, 0.3) is 5.91 Å². The highest BCUT2D eigenvalue weighted by atomic mass is 32.2. The van der Waals surface area contributed by atoms with Crippen LogP contribution in [0.1, 0.15) is 18.9 Å². The summed E-state index contributed by atoms with van der Waals surface area (Å²) in [6.07, 6.45) is 0.177. The van der Waals surface area contributed by atoms with E-state index in [2.05, 4.69) is 10.6 Å². The molecule has 10 heteroatoms. The van der Waals surface area contributed by atoms with Crippen molar-refractivity contribution in [2.45, 2.75) is 23.8 Å². The van der Waals surface area contributed by atoms with Crippen LogP contribution < -0.4 is 10.6 Å². The summed E-state index contributed by atoms with van der Waals surface area (Å²) < 4.78 is 37.6. The third-order valence-electron chi connectivity index (χ3n) is 5.01. The summed E-state index contributed by atoms with van der Waals surface area (Å²) >= 11 is 0. The third-order valence-corrected chi connectivity index (χ3v) is 6.83. The fraction of sp³-hybridized carbons (Fsp3) is 0.286. The van der Waals surface area contributed by atoms with Crippen molar-refractivity contribution in [1.82, 2.24) is 15.5 Å². The Balaban J connectivity index is 1.53. The molecule has 0 aliphatic carbocycles. The molecule has 31 heavy (non-hydrogen) atoms. The Labute approximate surface area is 179 Å². The summed E-state index contributed by atoms with van der Waals surface area (Å²) in [5, 5.41) is 5.05. The molecule has 1 heterocycles. The molecule has 3 rings (SSSR count). The molecule has 0 bridgehead atoms. The Morgan fingerprint density at radius 2 is 1.74 bits per heavy atom. The molecule has 1 aliphatic rings. The number of rotatable bonds is 8. The van der Waals surface area contributed by atoms with Crippen molar-refractivity contribution in [1.29, 1.82) is 0 Å². The maximum Gasteiger partial charge on any atom is 0.325 e. The van der Waals surface area contributed by atoms with Gasteiger partial charge >= 0.3 is 6.03 Å². The molecule has 8 nitrogen and oxygen atoms in total. The second-order valence-corrected chi connectivity index (χ2v) is 9.40. The van der Waals surface area contributed by atoms with Gasteiger partial charge in [-0.15, -0.1) is 0 Å². The number of nitrogens with one attached hydrogen (secondary N) is 2. The van der Waals surface area contributed by atoms with Crippen molar-refractivity contribution in [2.75, 3.05) is 18.8 Å². The van der Waals surface area contributed by atoms with Crippen LogP contribution in [0.4, 0.5) is 9.18 Å². The van der Waals surface area contributed by atoms with Crippen LogP contribution in [0.15, 0.2) is 59.5 Å². The molecule has 1 fully saturated rings. The van der Waals surface area contributed by atoms with Gasteiger partial charge in [-0.2, -0.15) is 0 Å². The van der Waals surface area contributed by atoms with Crippen LogP contribution in [0.25, 0.3) is 0 Å². The maximum absolute atomic E-state index is 13.2. The summed E-state index contributed by atoms with van der Waals surface area (Å²) in [6.45, 7) is 1.05. The average Bonchev–Trinajstić information content (AvgIpc) is 2.96. The number of halogens is 1. The molecule has 2 aromatic carbocycles. The van der Waals surface area contributed by atoms with Crippen LogP contribution in [0.3, 0.4) is 0 Å². The van der Waals surface area contributed by atoms with Gasteiger partial charge in [0.15, 0.2) is 9.84 Å². The lowest BCUT2D eigenvalue weighted by Gasteiger charge is -2.22. The number of carbonyl (C=O) groups excluding carboxylic acids is 3. The Morgan fingerprint density at radius 1 is 1.10 bits per heavy atom. The molecule has 0 radical (unpaired) electrons. The fourth-order valence-corrected chi connectivity index (χ4v) is 4.59. The van der Waals surface area contributed by atoms with Gasteiger partial charge in [-0.3, -0.25) is 14.5 Å². The highest BCUT2D eigenvalue weighted by molar-refractivity contribution is 7.91. The summed E-state index contributed by atoms with van der Waals surface area (Å²) in [6, 6.07) is 12.4. The molecule has 0 spiro atoms. The van der Waals surface area contributed by atoms with Crippen molar-refractivity contribution in [2.24, 2.45) is 0 Å². The number of imide groups is 1. The monoisotopic (exact) mass is 447 g/mol. The van der Waals surface area contributed by atoms with Crippen LogP contribution in [-0.4, -0.2) is 50.0 Å². The molecule has 164 valence electrons. The lowest BCUT2D eigenvalue weighted by molar-refractivity contribution is -0.134. The van der Waals surface area contributed by atoms with E-state index < -0.39 is 45.6 Å². The first-order valence-corrected chi connectivity index (χ1v) is 11.2. The highest BCUT2D eigenvalue weighted by Crippen LogP contribution is 2.28. The lowest BCUT2D eigenvalue weighted by Crippen LogP contribution is -2.43. The summed E-state index contributed by atoms with van der Waals surface area (Å²) in [5.41, 5.74) is -1.02. The number of amides is 4. The van der Waals surface area contributed by atoms with E-state index in [4.69, 9.17) is 0 Å². The van der Waals surface area contributed by atoms with E-state index >= 15 is 0 Å². The van der Waals surface area contributed by atoms with Gasteiger partial charge in [0.1, 0.15) is 17.9 Å². The average molecular weight is 447 g/mol. The quantitative estimate of drug-likeness (QED) is 0.471. The number of nitrogens with zero attached hydrogens (tertiary/aromatic N) is 1. The zero-order valence-corrected chi connectivity index (χ0v) is 17.6. The third kappa shape index (κ3) is 4.91. The van der Waals surface area contributed by atoms with Gasteiger partial charge < -0.3 is 10.6 Å². The van der Waals surface area contributed by atoms with Gasteiger partial charge in [0.2, 0.25) is 5.91 Å². The van der Waals surface area contributed by atoms with Crippen molar-refractivity contribution in [3.8, 4) is 0 Å². The second kappa shape index (κ2) is 8.84. The standard InChI is InChI=1S/C21H22FN3O5S/c1-21(15-8-10-16(22)11-9-15)19(27)25(20(28)24-21)14-18(26)23-12-5-13-31(29,30)17-6-3-2-4-7-17/h2-4,6-11H,5,12-14H2,1H3,(H,23,26)(H,24,28). The Kier molecular flexibility index (Phi) is 6.40. The van der Waals surface area contributed by atoms with Gasteiger partial charge in [0.05, 0.1) is 10.6 Å². The number of benzene rings is 2. The van der Waals surface area contributed by atoms with E-state index in [9.17, 15) is 27.2 Å². The topological polar surface area (TPSA) is 113 Å². The summed E-state index contributed by atoms with van der Waals surface area (Å²) in [7, 11) is -3.45. The van der Waals surface area contributed by atoms with E-state index in [0.717, 1.165) is 4.90 Å². The summed E-state index contributed by atoms with van der Waals surface area (Å²) in [4.78, 5) is 38.2. The number of hydrogen-bond acceptors (Lipinski definition) is 5. The number of hydrogen-bond donors (Lipinski definition) is 2. The number of urea groups is 1. The van der Waals surface area contributed by atoms with Crippen LogP contribution >= 0.6 is 0 Å². The molecule has 1 unspecified atom stereocenters. The molecule has 1 atom stereocenters. The van der Waals surface area contributed by atoms with E-state index in [1.807, 2.05) is 0 Å². The fourth-order valence-electron chi connectivity index (χ4n) is 3.25. The lowest BCUT2D eigenvalue weighted by atomic mass is 9.92. The molecule has 0 saturated carbocycles.